The van der Waals surface area contributed by atoms with E-state index in [1.54, 1.807) is 0 Å². The monoisotopic (exact) mass is 180 g/mol. The molecule has 0 fully saturated rings. The molecular weight excluding hydrogens is 172 g/mol. The quantitative estimate of drug-likeness (QED) is 0.536. The maximum atomic E-state index is 9.59. The Morgan fingerprint density at radius 2 is 2.00 bits per heavy atom. The molecule has 2 aliphatic rings. The van der Waals surface area contributed by atoms with Gasteiger partial charge in [0.2, 0.25) is 0 Å². The number of nitrogens with zero attached hydrogens (tertiary/aromatic N) is 1. The van der Waals surface area contributed by atoms with Gasteiger partial charge in [-0.2, -0.15) is 0 Å². The first kappa shape index (κ1) is 9.18. The van der Waals surface area contributed by atoms with Crippen LogP contribution in [0.5, 0.6) is 0 Å². The average Bonchev–Trinajstić information content (AvgIpc) is 2.57. The van der Waals surface area contributed by atoms with Crippen molar-refractivity contribution in [3.63, 3.8) is 0 Å². The lowest BCUT2D eigenvalue weighted by molar-refractivity contribution is -0.467. The largest absolute Gasteiger partial charge is 0.364 e. The van der Waals surface area contributed by atoms with Gasteiger partial charge in [-0.05, 0) is 17.2 Å². The molecule has 1 amide bonds. The minimum Gasteiger partial charge on any atom is -0.364 e. The maximum absolute atomic E-state index is 9.59. The van der Waals surface area contributed by atoms with Crippen molar-refractivity contribution in [2.45, 2.75) is 0 Å². The van der Waals surface area contributed by atoms with Crippen LogP contribution in [0.1, 0.15) is 0 Å². The number of fused-ring (bicyclic) bond motifs is 1. The fraction of sp³-hybridized carbons (Fsp3) is 0.125. The highest BCUT2D eigenvalue weighted by atomic mass is 16.6. The lowest BCUT2D eigenvalue weighted by Gasteiger charge is -1.81. The van der Waals surface area contributed by atoms with Crippen LogP contribution in [0.3, 0.4) is 0 Å². The van der Waals surface area contributed by atoms with Gasteiger partial charge in [-0.3, -0.25) is 14.9 Å². The van der Waals surface area contributed by atoms with Crippen LogP contribution in [0.4, 0.5) is 0 Å². The van der Waals surface area contributed by atoms with Crippen LogP contribution in [0, 0.1) is 10.1 Å². The molecule has 5 nitrogen and oxygen atoms in total. The molecule has 0 aromatic rings. The standard InChI is InChI=1S/C6H4.C2H4N2O3/c1-2-5-4-6(5)3-1;3-2(5)1-4(6)7/h1-4H;1H2,(H2,3,5). The van der Waals surface area contributed by atoms with Crippen LogP contribution in [-0.4, -0.2) is 17.4 Å². The van der Waals surface area contributed by atoms with Gasteiger partial charge in [0.25, 0.3) is 12.5 Å². The number of carbonyl (C=O) groups is 1. The van der Waals surface area contributed by atoms with Crippen molar-refractivity contribution in [1.82, 2.24) is 0 Å². The second kappa shape index (κ2) is 3.66. The summed E-state index contributed by atoms with van der Waals surface area (Å²) >= 11 is 0. The summed E-state index contributed by atoms with van der Waals surface area (Å²) in [6.07, 6.45) is 0. The molecule has 2 N–H and O–H groups in total. The van der Waals surface area contributed by atoms with Crippen LogP contribution in [0.25, 0.3) is 11.1 Å². The van der Waals surface area contributed by atoms with Gasteiger partial charge in [-0.15, -0.1) is 0 Å². The molecule has 0 spiro atoms. The Balaban J connectivity index is 0.000000130. The highest BCUT2D eigenvalue weighted by Gasteiger charge is 2.06. The summed E-state index contributed by atoms with van der Waals surface area (Å²) in [5, 5.41) is 9.31. The predicted octanol–water partition coefficient (Wildman–Crippen LogP) is 0.415. The number of hydrogen-bond acceptors (Lipinski definition) is 3. The molecule has 13 heavy (non-hydrogen) atoms. The number of primary amides is 1. The fourth-order valence-electron chi connectivity index (χ4n) is 0.803. The maximum Gasteiger partial charge on any atom is 0.289 e. The fourth-order valence-corrected chi connectivity index (χ4v) is 0.803. The number of rotatable bonds is 2. The molecule has 2 aliphatic carbocycles. The molecule has 0 unspecified atom stereocenters. The molecule has 0 aliphatic heterocycles. The van der Waals surface area contributed by atoms with Crippen LogP contribution >= 0.6 is 0 Å². The third kappa shape index (κ3) is 3.33. The number of hydrogen-bond donors (Lipinski definition) is 1. The summed E-state index contributed by atoms with van der Waals surface area (Å²) in [7, 11) is 0. The Kier molecular flexibility index (Phi) is 2.59. The molecule has 0 atom stereocenters. The Hall–Kier alpha value is -1.91. The smallest absolute Gasteiger partial charge is 0.289 e. The molecule has 0 saturated heterocycles. The second-order valence-electron chi connectivity index (χ2n) is 2.54. The molecule has 0 bridgehead atoms. The predicted molar refractivity (Wildman–Crippen MR) is 46.5 cm³/mol. The molecule has 5 heteroatoms. The zero-order chi connectivity index (χ0) is 9.84. The number of nitro groups is 1. The molecule has 2 rings (SSSR count). The van der Waals surface area contributed by atoms with E-state index in [2.05, 4.69) is 30.0 Å². The van der Waals surface area contributed by atoms with E-state index < -0.39 is 17.4 Å². The van der Waals surface area contributed by atoms with Gasteiger partial charge < -0.3 is 5.73 Å². The molecule has 68 valence electrons. The lowest BCUT2D eigenvalue weighted by Crippen LogP contribution is -2.21. The van der Waals surface area contributed by atoms with Crippen molar-refractivity contribution < 1.29 is 9.72 Å². The van der Waals surface area contributed by atoms with Crippen LogP contribution in [-0.2, 0) is 4.79 Å². The van der Waals surface area contributed by atoms with Gasteiger partial charge in [-0.1, -0.05) is 18.2 Å². The lowest BCUT2D eigenvalue weighted by atomic mass is 10.6. The van der Waals surface area contributed by atoms with Crippen molar-refractivity contribution in [3.05, 3.63) is 34.4 Å². The average molecular weight is 180 g/mol. The van der Waals surface area contributed by atoms with E-state index >= 15 is 0 Å². The van der Waals surface area contributed by atoms with Gasteiger partial charge in [0.05, 0.1) is 0 Å². The Labute approximate surface area is 74.3 Å². The first-order chi connectivity index (χ1) is 6.09. The summed E-state index contributed by atoms with van der Waals surface area (Å²) in [4.78, 5) is 18.1. The third-order valence-corrected chi connectivity index (χ3v) is 1.40. The normalized spacial score (nSPS) is 9.54. The molecule has 0 radical (unpaired) electrons. The zero-order valence-electron chi connectivity index (χ0n) is 6.77. The van der Waals surface area contributed by atoms with Gasteiger partial charge in [0, 0.05) is 4.92 Å². The number of nitrogens with two attached hydrogens (primary N) is 1. The molecule has 0 aromatic heterocycles. The summed E-state index contributed by atoms with van der Waals surface area (Å²) in [5.74, 6) is -0.912. The van der Waals surface area contributed by atoms with Crippen molar-refractivity contribution in [2.24, 2.45) is 5.73 Å². The number of amides is 1. The number of carbonyl (C=O) groups excluding carboxylic acids is 1. The molecule has 0 aromatic carbocycles. The van der Waals surface area contributed by atoms with Gasteiger partial charge in [0.1, 0.15) is 0 Å². The highest BCUT2D eigenvalue weighted by Crippen LogP contribution is 2.32. The SMILES string of the molecule is NC(=O)C[N+](=O)[O-].c1cc2cc-2c1. The van der Waals surface area contributed by atoms with E-state index in [-0.39, 0.29) is 0 Å². The Bertz CT molecular complexity index is 320. The first-order valence-corrected chi connectivity index (χ1v) is 3.60. The van der Waals surface area contributed by atoms with Crippen LogP contribution in [0.2, 0.25) is 0 Å². The molecule has 0 heterocycles. The zero-order valence-corrected chi connectivity index (χ0v) is 6.77. The minimum atomic E-state index is -0.912. The van der Waals surface area contributed by atoms with Crippen molar-refractivity contribution in [2.75, 3.05) is 6.54 Å². The van der Waals surface area contributed by atoms with Gasteiger partial charge in [-0.25, -0.2) is 0 Å². The van der Waals surface area contributed by atoms with Crippen molar-refractivity contribution in [1.29, 1.82) is 0 Å². The first-order valence-electron chi connectivity index (χ1n) is 3.60. The van der Waals surface area contributed by atoms with Crippen molar-refractivity contribution in [3.8, 4) is 11.1 Å². The Morgan fingerprint density at radius 1 is 1.46 bits per heavy atom. The topological polar surface area (TPSA) is 86.2 Å². The van der Waals surface area contributed by atoms with Crippen LogP contribution < -0.4 is 5.73 Å². The molecule has 0 saturated carbocycles. The summed E-state index contributed by atoms with van der Waals surface area (Å²) in [6, 6.07) is 8.48. The van der Waals surface area contributed by atoms with Crippen molar-refractivity contribution >= 4 is 5.91 Å². The second-order valence-corrected chi connectivity index (χ2v) is 2.54. The third-order valence-electron chi connectivity index (χ3n) is 1.40. The van der Waals surface area contributed by atoms with Gasteiger partial charge >= 0.3 is 0 Å². The summed E-state index contributed by atoms with van der Waals surface area (Å²) in [6.45, 7) is -0.778. The number of benzene rings is 1. The summed E-state index contributed by atoms with van der Waals surface area (Å²) in [5.41, 5.74) is 7.26. The van der Waals surface area contributed by atoms with E-state index in [1.807, 2.05) is 0 Å². The van der Waals surface area contributed by atoms with E-state index in [4.69, 9.17) is 0 Å². The minimum absolute atomic E-state index is 0.775. The van der Waals surface area contributed by atoms with Crippen LogP contribution in [0.15, 0.2) is 24.3 Å². The van der Waals surface area contributed by atoms with E-state index in [0.717, 1.165) is 0 Å². The summed E-state index contributed by atoms with van der Waals surface area (Å²) < 4.78 is 0. The van der Waals surface area contributed by atoms with E-state index in [9.17, 15) is 14.9 Å². The van der Waals surface area contributed by atoms with E-state index in [1.165, 1.54) is 11.1 Å². The highest BCUT2D eigenvalue weighted by molar-refractivity contribution is 5.80. The molecular formula is C8H8N2O3. The van der Waals surface area contributed by atoms with E-state index in [0.29, 0.717) is 0 Å². The Morgan fingerprint density at radius 3 is 2.08 bits per heavy atom. The van der Waals surface area contributed by atoms with Gasteiger partial charge in [0.15, 0.2) is 0 Å².